The van der Waals surface area contributed by atoms with E-state index in [9.17, 15) is 14.4 Å². The molecule has 5 N–H and O–H groups in total. The Morgan fingerprint density at radius 1 is 1.14 bits per heavy atom. The number of carbonyl (C=O) groups excluding carboxylic acids is 2. The number of nitrogens with two attached hydrogens (primary N) is 1. The number of thioether (sulfide) groups is 1. The van der Waals surface area contributed by atoms with E-state index < -0.39 is 35.9 Å². The third kappa shape index (κ3) is 7.33. The molecule has 0 spiro atoms. The van der Waals surface area contributed by atoms with Crippen LogP contribution < -0.4 is 16.4 Å². The first-order valence-electron chi connectivity index (χ1n) is 6.78. The van der Waals surface area contributed by atoms with Gasteiger partial charge in [-0.1, -0.05) is 13.8 Å². The maximum Gasteiger partial charge on any atom is 0.326 e. The molecule has 0 aromatic carbocycles. The first kappa shape index (κ1) is 19.7. The van der Waals surface area contributed by atoms with Crippen LogP contribution in [0.2, 0.25) is 0 Å². The van der Waals surface area contributed by atoms with Crippen molar-refractivity contribution in [3.05, 3.63) is 0 Å². The molecule has 0 heterocycles. The van der Waals surface area contributed by atoms with E-state index in [4.69, 9.17) is 10.8 Å². The van der Waals surface area contributed by atoms with Crippen LogP contribution in [0, 0.1) is 5.92 Å². The van der Waals surface area contributed by atoms with E-state index >= 15 is 0 Å². The highest BCUT2D eigenvalue weighted by Crippen LogP contribution is 2.06. The van der Waals surface area contributed by atoms with Crippen LogP contribution in [0.15, 0.2) is 0 Å². The standard InChI is InChI=1S/C13H25N3O4S/c1-7(2)10(16-11(17)8(3)14)12(18)15-9(13(19)20)5-6-21-4/h7-10H,5-6,14H2,1-4H3,(H,15,18)(H,16,17)(H,19,20). The molecule has 0 aromatic rings. The molecule has 0 saturated heterocycles. The number of carboxylic acids is 1. The van der Waals surface area contributed by atoms with Crippen molar-refractivity contribution in [1.29, 1.82) is 0 Å². The molecule has 122 valence electrons. The Morgan fingerprint density at radius 3 is 2.10 bits per heavy atom. The summed E-state index contributed by atoms with van der Waals surface area (Å²) in [5.41, 5.74) is 5.46. The zero-order valence-electron chi connectivity index (χ0n) is 12.9. The Morgan fingerprint density at radius 2 is 1.71 bits per heavy atom. The molecule has 3 unspecified atom stereocenters. The Labute approximate surface area is 129 Å². The minimum atomic E-state index is -1.08. The smallest absolute Gasteiger partial charge is 0.326 e. The normalized spacial score (nSPS) is 15.1. The van der Waals surface area contributed by atoms with Crippen LogP contribution in [-0.4, -0.2) is 53.0 Å². The molecule has 8 heteroatoms. The van der Waals surface area contributed by atoms with Crippen LogP contribution in [0.1, 0.15) is 27.2 Å². The molecule has 0 rings (SSSR count). The molecule has 0 aliphatic rings. The van der Waals surface area contributed by atoms with Gasteiger partial charge < -0.3 is 21.5 Å². The van der Waals surface area contributed by atoms with Crippen LogP contribution in [0.25, 0.3) is 0 Å². The molecule has 0 aromatic heterocycles. The number of hydrogen-bond acceptors (Lipinski definition) is 5. The van der Waals surface area contributed by atoms with Gasteiger partial charge in [0.2, 0.25) is 11.8 Å². The van der Waals surface area contributed by atoms with Gasteiger partial charge in [0.25, 0.3) is 0 Å². The summed E-state index contributed by atoms with van der Waals surface area (Å²) in [4.78, 5) is 34.9. The first-order valence-corrected chi connectivity index (χ1v) is 8.18. The number of aliphatic carboxylic acids is 1. The van der Waals surface area contributed by atoms with Gasteiger partial charge in [-0.25, -0.2) is 4.79 Å². The molecule has 21 heavy (non-hydrogen) atoms. The van der Waals surface area contributed by atoms with E-state index in [1.807, 2.05) is 6.26 Å². The zero-order chi connectivity index (χ0) is 16.6. The van der Waals surface area contributed by atoms with Crippen molar-refractivity contribution in [3.63, 3.8) is 0 Å². The lowest BCUT2D eigenvalue weighted by molar-refractivity contribution is -0.142. The summed E-state index contributed by atoms with van der Waals surface area (Å²) in [5.74, 6) is -1.59. The van der Waals surface area contributed by atoms with E-state index in [2.05, 4.69) is 10.6 Å². The summed E-state index contributed by atoms with van der Waals surface area (Å²) in [7, 11) is 0. The largest absolute Gasteiger partial charge is 0.480 e. The third-order valence-electron chi connectivity index (χ3n) is 2.89. The molecule has 2 amide bonds. The molecule has 3 atom stereocenters. The zero-order valence-corrected chi connectivity index (χ0v) is 13.7. The van der Waals surface area contributed by atoms with Crippen molar-refractivity contribution in [2.75, 3.05) is 12.0 Å². The van der Waals surface area contributed by atoms with Crippen LogP contribution in [-0.2, 0) is 14.4 Å². The van der Waals surface area contributed by atoms with E-state index in [0.29, 0.717) is 12.2 Å². The van der Waals surface area contributed by atoms with E-state index in [1.54, 1.807) is 13.8 Å². The van der Waals surface area contributed by atoms with Crippen LogP contribution in [0.5, 0.6) is 0 Å². The van der Waals surface area contributed by atoms with Gasteiger partial charge in [0.05, 0.1) is 6.04 Å². The van der Waals surface area contributed by atoms with Gasteiger partial charge in [-0.05, 0) is 31.3 Å². The maximum atomic E-state index is 12.2. The second-order valence-corrected chi connectivity index (χ2v) is 6.19. The fourth-order valence-corrected chi connectivity index (χ4v) is 2.05. The van der Waals surface area contributed by atoms with E-state index in [0.717, 1.165) is 0 Å². The number of nitrogens with one attached hydrogen (secondary N) is 2. The minimum absolute atomic E-state index is 0.178. The van der Waals surface area contributed by atoms with Crippen molar-refractivity contribution >= 4 is 29.5 Å². The predicted octanol–water partition coefficient (Wildman–Crippen LogP) is -0.203. The Kier molecular flexibility index (Phi) is 9.03. The number of amides is 2. The van der Waals surface area contributed by atoms with Crippen LogP contribution in [0.4, 0.5) is 0 Å². The molecule has 0 fully saturated rings. The Hall–Kier alpha value is -1.28. The topological polar surface area (TPSA) is 122 Å². The SMILES string of the molecule is CSCCC(NC(=O)C(NC(=O)C(C)N)C(C)C)C(=O)O. The molecule has 0 saturated carbocycles. The highest BCUT2D eigenvalue weighted by molar-refractivity contribution is 7.98. The monoisotopic (exact) mass is 319 g/mol. The molecule has 0 aliphatic carbocycles. The second kappa shape index (κ2) is 9.62. The first-order chi connectivity index (χ1) is 9.70. The summed E-state index contributed by atoms with van der Waals surface area (Å²) >= 11 is 1.50. The Balaban J connectivity index is 4.79. The van der Waals surface area contributed by atoms with E-state index in [-0.39, 0.29) is 5.92 Å². The highest BCUT2D eigenvalue weighted by atomic mass is 32.2. The number of rotatable bonds is 9. The van der Waals surface area contributed by atoms with Crippen molar-refractivity contribution < 1.29 is 19.5 Å². The van der Waals surface area contributed by atoms with Gasteiger partial charge in [0.1, 0.15) is 12.1 Å². The number of carboxylic acid groups (broad SMARTS) is 1. The predicted molar refractivity (Wildman–Crippen MR) is 83.0 cm³/mol. The summed E-state index contributed by atoms with van der Waals surface area (Å²) in [6.07, 6.45) is 2.19. The fourth-order valence-electron chi connectivity index (χ4n) is 1.57. The van der Waals surface area contributed by atoms with Crippen molar-refractivity contribution in [2.45, 2.75) is 45.3 Å². The number of hydrogen-bond donors (Lipinski definition) is 4. The molecule has 0 bridgehead atoms. The summed E-state index contributed by atoms with van der Waals surface area (Å²) in [5, 5.41) is 14.1. The average Bonchev–Trinajstić information content (AvgIpc) is 2.39. The average molecular weight is 319 g/mol. The van der Waals surface area contributed by atoms with Gasteiger partial charge in [-0.2, -0.15) is 11.8 Å². The molecule has 7 nitrogen and oxygen atoms in total. The lowest BCUT2D eigenvalue weighted by atomic mass is 10.0. The lowest BCUT2D eigenvalue weighted by Crippen LogP contribution is -2.56. The Bertz CT molecular complexity index is 374. The molecular weight excluding hydrogens is 294 g/mol. The quantitative estimate of drug-likeness (QED) is 0.467. The van der Waals surface area contributed by atoms with Gasteiger partial charge in [0, 0.05) is 0 Å². The van der Waals surface area contributed by atoms with Gasteiger partial charge in [-0.15, -0.1) is 0 Å². The van der Waals surface area contributed by atoms with Gasteiger partial charge in [-0.3, -0.25) is 9.59 Å². The maximum absolute atomic E-state index is 12.2. The van der Waals surface area contributed by atoms with Crippen molar-refractivity contribution in [1.82, 2.24) is 10.6 Å². The lowest BCUT2D eigenvalue weighted by Gasteiger charge is -2.24. The molecular formula is C13H25N3O4S. The van der Waals surface area contributed by atoms with E-state index in [1.165, 1.54) is 18.7 Å². The highest BCUT2D eigenvalue weighted by Gasteiger charge is 2.28. The molecule has 0 aliphatic heterocycles. The summed E-state index contributed by atoms with van der Waals surface area (Å²) < 4.78 is 0. The van der Waals surface area contributed by atoms with Crippen molar-refractivity contribution in [3.8, 4) is 0 Å². The number of carbonyl (C=O) groups is 3. The summed E-state index contributed by atoms with van der Waals surface area (Å²) in [6, 6.07) is -2.50. The van der Waals surface area contributed by atoms with Crippen LogP contribution >= 0.6 is 11.8 Å². The minimum Gasteiger partial charge on any atom is -0.480 e. The summed E-state index contributed by atoms with van der Waals surface area (Å²) in [6.45, 7) is 5.05. The third-order valence-corrected chi connectivity index (χ3v) is 3.53. The van der Waals surface area contributed by atoms with Crippen LogP contribution in [0.3, 0.4) is 0 Å². The second-order valence-electron chi connectivity index (χ2n) is 5.20. The van der Waals surface area contributed by atoms with Gasteiger partial charge in [0.15, 0.2) is 0 Å². The van der Waals surface area contributed by atoms with Gasteiger partial charge >= 0.3 is 5.97 Å². The fraction of sp³-hybridized carbons (Fsp3) is 0.769. The molecule has 0 radical (unpaired) electrons. The van der Waals surface area contributed by atoms with Crippen molar-refractivity contribution in [2.24, 2.45) is 11.7 Å².